The van der Waals surface area contributed by atoms with Crippen LogP contribution in [0.25, 0.3) is 0 Å². The zero-order valence-electron chi connectivity index (χ0n) is 12.5. The van der Waals surface area contributed by atoms with Crippen LogP contribution in [0.15, 0.2) is 0 Å². The first-order valence-corrected chi connectivity index (χ1v) is 8.26. The molecule has 2 fully saturated rings. The second kappa shape index (κ2) is 7.44. The zero-order chi connectivity index (χ0) is 13.7. The lowest BCUT2D eigenvalue weighted by Gasteiger charge is -2.36. The van der Waals surface area contributed by atoms with Gasteiger partial charge in [0, 0.05) is 25.7 Å². The van der Waals surface area contributed by atoms with E-state index in [-0.39, 0.29) is 0 Å². The molecule has 1 saturated heterocycles. The molecule has 0 unspecified atom stereocenters. The molecule has 1 N–H and O–H groups in total. The van der Waals surface area contributed by atoms with Crippen molar-refractivity contribution in [2.75, 3.05) is 33.7 Å². The van der Waals surface area contributed by atoms with E-state index in [9.17, 15) is 0 Å². The summed E-state index contributed by atoms with van der Waals surface area (Å²) in [5.74, 6) is 0.851. The predicted octanol–water partition coefficient (Wildman–Crippen LogP) is 2.47. The fraction of sp³-hybridized carbons (Fsp3) is 0.933. The molecule has 110 valence electrons. The Morgan fingerprint density at radius 1 is 1.11 bits per heavy atom. The quantitative estimate of drug-likeness (QED) is 0.802. The minimum Gasteiger partial charge on any atom is -0.360 e. The van der Waals surface area contributed by atoms with Crippen molar-refractivity contribution in [3.8, 4) is 0 Å². The number of hydrogen-bond acceptors (Lipinski definition) is 2. The van der Waals surface area contributed by atoms with Crippen molar-refractivity contribution >= 4 is 17.3 Å². The van der Waals surface area contributed by atoms with Crippen LogP contribution in [0, 0.1) is 5.92 Å². The first-order chi connectivity index (χ1) is 9.15. The highest BCUT2D eigenvalue weighted by Gasteiger charge is 2.23. The number of nitrogens with zero attached hydrogens (tertiary/aromatic N) is 2. The maximum Gasteiger partial charge on any atom is 0.169 e. The summed E-state index contributed by atoms with van der Waals surface area (Å²) in [6.45, 7) is 3.49. The Labute approximate surface area is 123 Å². The standard InChI is InChI=1S/C15H29N3S/c1-17(2)12-13-8-10-18(11-9-13)15(19)16-14-6-4-3-5-7-14/h13-14H,3-12H2,1-2H3,(H,16,19). The number of hydrogen-bond donors (Lipinski definition) is 1. The van der Waals surface area contributed by atoms with Crippen molar-refractivity contribution in [3.63, 3.8) is 0 Å². The van der Waals surface area contributed by atoms with E-state index in [0.717, 1.165) is 24.1 Å². The van der Waals surface area contributed by atoms with Gasteiger partial charge in [-0.05, 0) is 57.9 Å². The van der Waals surface area contributed by atoms with Crippen LogP contribution < -0.4 is 5.32 Å². The second-order valence-electron chi connectivity index (χ2n) is 6.48. The maximum atomic E-state index is 5.59. The molecule has 1 saturated carbocycles. The Balaban J connectivity index is 1.69. The lowest BCUT2D eigenvalue weighted by Crippen LogP contribution is -2.48. The normalized spacial score (nSPS) is 22.8. The largest absolute Gasteiger partial charge is 0.360 e. The molecule has 0 aromatic heterocycles. The molecule has 2 aliphatic rings. The fourth-order valence-corrected chi connectivity index (χ4v) is 3.70. The van der Waals surface area contributed by atoms with Gasteiger partial charge in [0.25, 0.3) is 0 Å². The highest BCUT2D eigenvalue weighted by molar-refractivity contribution is 7.80. The predicted molar refractivity (Wildman–Crippen MR) is 85.5 cm³/mol. The second-order valence-corrected chi connectivity index (χ2v) is 6.86. The van der Waals surface area contributed by atoms with Crippen molar-refractivity contribution < 1.29 is 0 Å². The number of nitrogens with one attached hydrogen (secondary N) is 1. The van der Waals surface area contributed by atoms with E-state index in [1.807, 2.05) is 0 Å². The van der Waals surface area contributed by atoms with Crippen LogP contribution in [-0.4, -0.2) is 54.7 Å². The molecule has 0 amide bonds. The first kappa shape index (κ1) is 15.0. The van der Waals surface area contributed by atoms with Gasteiger partial charge in [0.15, 0.2) is 5.11 Å². The van der Waals surface area contributed by atoms with Crippen LogP contribution in [0.3, 0.4) is 0 Å². The molecule has 1 heterocycles. The summed E-state index contributed by atoms with van der Waals surface area (Å²) in [4.78, 5) is 4.69. The molecule has 0 bridgehead atoms. The molecule has 1 aliphatic carbocycles. The summed E-state index contributed by atoms with van der Waals surface area (Å²) in [5, 5.41) is 4.60. The van der Waals surface area contributed by atoms with E-state index < -0.39 is 0 Å². The SMILES string of the molecule is CN(C)CC1CCN(C(=S)NC2CCCCC2)CC1. The molecule has 19 heavy (non-hydrogen) atoms. The Morgan fingerprint density at radius 3 is 2.32 bits per heavy atom. The van der Waals surface area contributed by atoms with E-state index in [0.29, 0.717) is 6.04 Å². The Hall–Kier alpha value is -0.350. The van der Waals surface area contributed by atoms with Gasteiger partial charge in [0.05, 0.1) is 0 Å². The minimum atomic E-state index is 0.640. The zero-order valence-corrected chi connectivity index (χ0v) is 13.3. The van der Waals surface area contributed by atoms with Crippen molar-refractivity contribution in [2.45, 2.75) is 51.0 Å². The van der Waals surface area contributed by atoms with Gasteiger partial charge in [-0.15, -0.1) is 0 Å². The molecule has 3 nitrogen and oxygen atoms in total. The lowest BCUT2D eigenvalue weighted by atomic mass is 9.95. The van der Waals surface area contributed by atoms with E-state index in [1.54, 1.807) is 0 Å². The molecule has 0 aromatic carbocycles. The fourth-order valence-electron chi connectivity index (χ4n) is 3.35. The first-order valence-electron chi connectivity index (χ1n) is 7.85. The van der Waals surface area contributed by atoms with E-state index in [1.165, 1.54) is 51.5 Å². The van der Waals surface area contributed by atoms with E-state index in [4.69, 9.17) is 12.2 Å². The molecule has 4 heteroatoms. The van der Waals surface area contributed by atoms with Crippen LogP contribution in [0.2, 0.25) is 0 Å². The van der Waals surface area contributed by atoms with E-state index >= 15 is 0 Å². The maximum absolute atomic E-state index is 5.59. The van der Waals surface area contributed by atoms with Crippen LogP contribution in [0.5, 0.6) is 0 Å². The summed E-state index contributed by atoms with van der Waals surface area (Å²) in [7, 11) is 4.34. The van der Waals surface area contributed by atoms with Crippen molar-refractivity contribution in [1.29, 1.82) is 0 Å². The molecular weight excluding hydrogens is 254 g/mol. The summed E-state index contributed by atoms with van der Waals surface area (Å²) in [6.07, 6.45) is 9.31. The van der Waals surface area contributed by atoms with Gasteiger partial charge in [-0.25, -0.2) is 0 Å². The van der Waals surface area contributed by atoms with Gasteiger partial charge in [0.2, 0.25) is 0 Å². The molecule has 0 spiro atoms. The van der Waals surface area contributed by atoms with Crippen molar-refractivity contribution in [3.05, 3.63) is 0 Å². The third kappa shape index (κ3) is 4.92. The Morgan fingerprint density at radius 2 is 1.74 bits per heavy atom. The number of thiocarbonyl (C=S) groups is 1. The van der Waals surface area contributed by atoms with Gasteiger partial charge < -0.3 is 15.1 Å². The summed E-state index contributed by atoms with van der Waals surface area (Å²) in [5.41, 5.74) is 0. The van der Waals surface area contributed by atoms with E-state index in [2.05, 4.69) is 29.2 Å². The smallest absolute Gasteiger partial charge is 0.169 e. The molecule has 1 aliphatic heterocycles. The Kier molecular flexibility index (Phi) is 5.89. The highest BCUT2D eigenvalue weighted by atomic mass is 32.1. The van der Waals surface area contributed by atoms with Crippen LogP contribution in [0.1, 0.15) is 44.9 Å². The third-order valence-corrected chi connectivity index (χ3v) is 4.83. The summed E-state index contributed by atoms with van der Waals surface area (Å²) in [6, 6.07) is 0.640. The van der Waals surface area contributed by atoms with Gasteiger partial charge in [0.1, 0.15) is 0 Å². The number of rotatable bonds is 3. The molecular formula is C15H29N3S. The molecule has 0 atom stereocenters. The lowest BCUT2D eigenvalue weighted by molar-refractivity contribution is 0.216. The topological polar surface area (TPSA) is 18.5 Å². The monoisotopic (exact) mass is 283 g/mol. The van der Waals surface area contributed by atoms with Crippen LogP contribution >= 0.6 is 12.2 Å². The summed E-state index contributed by atoms with van der Waals surface area (Å²) >= 11 is 5.59. The van der Waals surface area contributed by atoms with Gasteiger partial charge in [-0.3, -0.25) is 0 Å². The van der Waals surface area contributed by atoms with Crippen molar-refractivity contribution in [2.24, 2.45) is 5.92 Å². The average molecular weight is 283 g/mol. The van der Waals surface area contributed by atoms with Crippen molar-refractivity contribution in [1.82, 2.24) is 15.1 Å². The molecule has 0 radical (unpaired) electrons. The average Bonchev–Trinajstić information content (AvgIpc) is 2.40. The van der Waals surface area contributed by atoms with Gasteiger partial charge in [-0.1, -0.05) is 19.3 Å². The number of piperidine rings is 1. The number of likely N-dealkylation sites (tertiary alicyclic amines) is 1. The molecule has 0 aromatic rings. The van der Waals surface area contributed by atoms with Crippen LogP contribution in [0.4, 0.5) is 0 Å². The van der Waals surface area contributed by atoms with Gasteiger partial charge in [-0.2, -0.15) is 0 Å². The third-order valence-electron chi connectivity index (χ3n) is 4.46. The van der Waals surface area contributed by atoms with Crippen LogP contribution in [-0.2, 0) is 0 Å². The summed E-state index contributed by atoms with van der Waals surface area (Å²) < 4.78 is 0. The molecule has 2 rings (SSSR count). The highest BCUT2D eigenvalue weighted by Crippen LogP contribution is 2.20. The Bertz CT molecular complexity index is 279. The minimum absolute atomic E-state index is 0.640. The van der Waals surface area contributed by atoms with Gasteiger partial charge >= 0.3 is 0 Å².